The summed E-state index contributed by atoms with van der Waals surface area (Å²) in [6, 6.07) is 6.31. The van der Waals surface area contributed by atoms with Crippen molar-refractivity contribution in [1.82, 2.24) is 0 Å². The van der Waals surface area contributed by atoms with Gasteiger partial charge in [0.05, 0.1) is 18.8 Å². The molecule has 0 spiro atoms. The second-order valence-corrected chi connectivity index (χ2v) is 5.82. The molecule has 1 heterocycles. The zero-order valence-corrected chi connectivity index (χ0v) is 14.8. The molecule has 1 saturated heterocycles. The highest BCUT2D eigenvalue weighted by atomic mass is 79.9. The Labute approximate surface area is 141 Å². The molecule has 1 saturated carbocycles. The largest absolute Gasteiger partial charge is 0.494 e. The van der Waals surface area contributed by atoms with Gasteiger partial charge in [-0.05, 0) is 23.0 Å². The van der Waals surface area contributed by atoms with Gasteiger partial charge in [-0.15, -0.1) is 0 Å². The molecule has 4 nitrogen and oxygen atoms in total. The third-order valence-corrected chi connectivity index (χ3v) is 4.14. The van der Waals surface area contributed by atoms with Crippen molar-refractivity contribution in [3.63, 3.8) is 0 Å². The lowest BCUT2D eigenvalue weighted by molar-refractivity contribution is 0.104. The molecule has 1 aromatic carbocycles. The number of alkyl halides is 1. The van der Waals surface area contributed by atoms with E-state index in [4.69, 9.17) is 19.2 Å². The van der Waals surface area contributed by atoms with E-state index in [0.29, 0.717) is 31.8 Å². The summed E-state index contributed by atoms with van der Waals surface area (Å²) >= 11 is 3.49. The molecule has 0 amide bonds. The zero-order chi connectivity index (χ0) is 15.9. The standard InChI is InChI=1S/C14H18BBrO4.C2H6/c16-8-10-4-11(9-18-3-1-2-17)6-12(5-10)15-19-13-7-14(13)20-15;1-2/h4-6,13-14,17H,1-3,7-9H2;1-2H3. The average Bonchev–Trinajstić information content (AvgIpc) is 3.19. The smallest absolute Gasteiger partial charge is 0.402 e. The van der Waals surface area contributed by atoms with Gasteiger partial charge in [-0.2, -0.15) is 0 Å². The van der Waals surface area contributed by atoms with Crippen LogP contribution >= 0.6 is 15.9 Å². The minimum Gasteiger partial charge on any atom is -0.402 e. The summed E-state index contributed by atoms with van der Waals surface area (Å²) in [4.78, 5) is 0. The number of fused-ring (bicyclic) bond motifs is 1. The van der Waals surface area contributed by atoms with Crippen LogP contribution in [0.2, 0.25) is 0 Å². The Morgan fingerprint density at radius 2 is 1.91 bits per heavy atom. The number of ether oxygens (including phenoxy) is 1. The first-order valence-corrected chi connectivity index (χ1v) is 9.10. The first-order chi connectivity index (χ1) is 10.8. The molecule has 2 fully saturated rings. The molecule has 22 heavy (non-hydrogen) atoms. The molecule has 3 rings (SSSR count). The van der Waals surface area contributed by atoms with E-state index in [1.54, 1.807) is 0 Å². The van der Waals surface area contributed by atoms with Gasteiger partial charge in [0, 0.05) is 25.0 Å². The number of hydrogen-bond donors (Lipinski definition) is 1. The monoisotopic (exact) mass is 370 g/mol. The summed E-state index contributed by atoms with van der Waals surface area (Å²) in [6.07, 6.45) is 2.31. The molecular formula is C16H24BBrO4. The molecule has 0 aromatic heterocycles. The van der Waals surface area contributed by atoms with E-state index in [1.165, 1.54) is 5.56 Å². The van der Waals surface area contributed by atoms with Gasteiger partial charge >= 0.3 is 7.12 Å². The maximum Gasteiger partial charge on any atom is 0.494 e. The fraction of sp³-hybridized carbons (Fsp3) is 0.625. The number of halogens is 1. The Morgan fingerprint density at radius 1 is 1.23 bits per heavy atom. The lowest BCUT2D eigenvalue weighted by Gasteiger charge is -2.12. The minimum absolute atomic E-state index is 0.166. The highest BCUT2D eigenvalue weighted by Gasteiger charge is 2.51. The third-order valence-electron chi connectivity index (χ3n) is 3.49. The Bertz CT molecular complexity index is 461. The molecule has 1 aliphatic heterocycles. The molecule has 2 aliphatic rings. The van der Waals surface area contributed by atoms with E-state index < -0.39 is 0 Å². The van der Waals surface area contributed by atoms with Crippen LogP contribution in [0.1, 0.15) is 37.8 Å². The molecule has 1 aliphatic carbocycles. The van der Waals surface area contributed by atoms with E-state index in [0.717, 1.165) is 22.8 Å². The molecule has 2 atom stereocenters. The molecule has 0 radical (unpaired) electrons. The minimum atomic E-state index is -0.228. The van der Waals surface area contributed by atoms with Gasteiger partial charge in [0.15, 0.2) is 0 Å². The topological polar surface area (TPSA) is 47.9 Å². The van der Waals surface area contributed by atoms with Crippen molar-refractivity contribution in [3.8, 4) is 0 Å². The van der Waals surface area contributed by atoms with Crippen LogP contribution in [-0.2, 0) is 26.0 Å². The fourth-order valence-corrected chi connectivity index (χ4v) is 2.71. The van der Waals surface area contributed by atoms with E-state index in [1.807, 2.05) is 13.8 Å². The van der Waals surface area contributed by atoms with Crippen molar-refractivity contribution < 1.29 is 19.2 Å². The van der Waals surface area contributed by atoms with Crippen molar-refractivity contribution in [2.75, 3.05) is 13.2 Å². The molecule has 6 heteroatoms. The summed E-state index contributed by atoms with van der Waals surface area (Å²) in [7, 11) is -0.228. The maximum absolute atomic E-state index is 8.74. The van der Waals surface area contributed by atoms with Gasteiger partial charge in [-0.3, -0.25) is 0 Å². The summed E-state index contributed by atoms with van der Waals surface area (Å²) in [6.45, 7) is 5.29. The van der Waals surface area contributed by atoms with E-state index in [-0.39, 0.29) is 13.7 Å². The van der Waals surface area contributed by atoms with Crippen molar-refractivity contribution in [2.45, 2.75) is 50.8 Å². The molecular weight excluding hydrogens is 347 g/mol. The van der Waals surface area contributed by atoms with Crippen molar-refractivity contribution in [3.05, 3.63) is 29.3 Å². The first kappa shape index (κ1) is 18.0. The number of aliphatic hydroxyl groups is 1. The third kappa shape index (κ3) is 4.80. The summed E-state index contributed by atoms with van der Waals surface area (Å²) in [5.74, 6) is 0. The second kappa shape index (κ2) is 9.04. The van der Waals surface area contributed by atoms with Gasteiger partial charge in [-0.1, -0.05) is 48.0 Å². The van der Waals surface area contributed by atoms with Crippen LogP contribution in [0.25, 0.3) is 0 Å². The van der Waals surface area contributed by atoms with Crippen LogP contribution in [0.15, 0.2) is 18.2 Å². The zero-order valence-electron chi connectivity index (χ0n) is 13.3. The van der Waals surface area contributed by atoms with Crippen LogP contribution in [0.5, 0.6) is 0 Å². The maximum atomic E-state index is 8.74. The predicted octanol–water partition coefficient (Wildman–Crippen LogP) is 2.39. The van der Waals surface area contributed by atoms with Crippen molar-refractivity contribution in [2.24, 2.45) is 0 Å². The lowest BCUT2D eigenvalue weighted by atomic mass is 9.77. The van der Waals surface area contributed by atoms with Gasteiger partial charge < -0.3 is 19.2 Å². The van der Waals surface area contributed by atoms with E-state index in [2.05, 4.69) is 34.1 Å². The SMILES string of the molecule is CC.OCCCOCc1cc(CBr)cc(B2OC3CC3O2)c1. The summed E-state index contributed by atoms with van der Waals surface area (Å²) in [5.41, 5.74) is 3.37. The van der Waals surface area contributed by atoms with Crippen LogP contribution < -0.4 is 5.46 Å². The molecule has 1 N–H and O–H groups in total. The molecule has 0 bridgehead atoms. The Balaban J connectivity index is 0.000000847. The predicted molar refractivity (Wildman–Crippen MR) is 91.5 cm³/mol. The summed E-state index contributed by atoms with van der Waals surface area (Å²) < 4.78 is 17.2. The van der Waals surface area contributed by atoms with Crippen molar-refractivity contribution in [1.29, 1.82) is 0 Å². The number of aliphatic hydroxyl groups excluding tert-OH is 1. The van der Waals surface area contributed by atoms with Crippen LogP contribution in [0.3, 0.4) is 0 Å². The highest BCUT2D eigenvalue weighted by molar-refractivity contribution is 9.08. The van der Waals surface area contributed by atoms with Gasteiger partial charge in [0.1, 0.15) is 0 Å². The second-order valence-electron chi connectivity index (χ2n) is 5.26. The van der Waals surface area contributed by atoms with Crippen LogP contribution in [0.4, 0.5) is 0 Å². The van der Waals surface area contributed by atoms with Gasteiger partial charge in [0.2, 0.25) is 0 Å². The number of hydrogen-bond acceptors (Lipinski definition) is 4. The Hall–Kier alpha value is -0.395. The van der Waals surface area contributed by atoms with Crippen LogP contribution in [0, 0.1) is 0 Å². The van der Waals surface area contributed by atoms with E-state index in [9.17, 15) is 0 Å². The van der Waals surface area contributed by atoms with E-state index >= 15 is 0 Å². The van der Waals surface area contributed by atoms with Crippen LogP contribution in [-0.4, -0.2) is 37.6 Å². The van der Waals surface area contributed by atoms with Crippen molar-refractivity contribution >= 4 is 28.5 Å². The normalized spacial score (nSPS) is 22.1. The quantitative estimate of drug-likeness (QED) is 0.454. The Morgan fingerprint density at radius 3 is 2.55 bits per heavy atom. The fourth-order valence-electron chi connectivity index (χ4n) is 2.39. The summed E-state index contributed by atoms with van der Waals surface area (Å²) in [5, 5.41) is 9.54. The Kier molecular flexibility index (Phi) is 7.37. The molecule has 1 aromatic rings. The molecule has 2 unspecified atom stereocenters. The lowest BCUT2D eigenvalue weighted by Crippen LogP contribution is -2.34. The number of benzene rings is 1. The number of rotatable bonds is 7. The average molecular weight is 371 g/mol. The van der Waals surface area contributed by atoms with Gasteiger partial charge in [0.25, 0.3) is 0 Å². The molecule has 122 valence electrons. The highest BCUT2D eigenvalue weighted by Crippen LogP contribution is 2.36. The van der Waals surface area contributed by atoms with Gasteiger partial charge in [-0.25, -0.2) is 0 Å². The first-order valence-electron chi connectivity index (χ1n) is 7.98.